The molecule has 1 heterocycles. The fraction of sp³-hybridized carbons (Fsp3) is 0.538. The number of aromatic hydroxyl groups is 1. The van der Waals surface area contributed by atoms with Gasteiger partial charge in [-0.1, -0.05) is 0 Å². The van der Waals surface area contributed by atoms with Crippen molar-refractivity contribution in [3.8, 4) is 5.75 Å². The normalized spacial score (nSPS) is 19.3. The van der Waals surface area contributed by atoms with Gasteiger partial charge in [0.15, 0.2) is 0 Å². The van der Waals surface area contributed by atoms with Gasteiger partial charge in [-0.05, 0) is 31.2 Å². The number of hydrogen-bond acceptors (Lipinski definition) is 4. The van der Waals surface area contributed by atoms with Crippen LogP contribution in [-0.4, -0.2) is 48.8 Å². The molecule has 1 aromatic rings. The minimum absolute atomic E-state index is 0.246. The van der Waals surface area contributed by atoms with Gasteiger partial charge in [0.05, 0.1) is 0 Å². The fourth-order valence-electron chi connectivity index (χ4n) is 2.26. The number of phenolic OH excluding ortho intramolecular Hbond substituents is 1. The van der Waals surface area contributed by atoms with E-state index in [0.29, 0.717) is 5.75 Å². The highest BCUT2D eigenvalue weighted by molar-refractivity contribution is 5.49. The second kappa shape index (κ2) is 5.38. The number of nitrogens with two attached hydrogens (primary N) is 1. The third-order valence-corrected chi connectivity index (χ3v) is 3.13. The van der Waals surface area contributed by atoms with E-state index in [-0.39, 0.29) is 6.04 Å². The Morgan fingerprint density at radius 2 is 1.76 bits per heavy atom. The van der Waals surface area contributed by atoms with Crippen LogP contribution in [0, 0.1) is 0 Å². The Balaban J connectivity index is 1.88. The summed E-state index contributed by atoms with van der Waals surface area (Å²) >= 11 is 0. The van der Waals surface area contributed by atoms with Crippen LogP contribution in [0.25, 0.3) is 0 Å². The molecule has 1 fully saturated rings. The van der Waals surface area contributed by atoms with E-state index in [1.54, 1.807) is 12.1 Å². The Kier molecular flexibility index (Phi) is 3.86. The first-order chi connectivity index (χ1) is 8.15. The molecule has 1 saturated heterocycles. The van der Waals surface area contributed by atoms with Gasteiger partial charge in [0.2, 0.25) is 0 Å². The van der Waals surface area contributed by atoms with Crippen molar-refractivity contribution < 1.29 is 5.11 Å². The van der Waals surface area contributed by atoms with Crippen LogP contribution >= 0.6 is 0 Å². The number of hydrogen-bond donors (Lipinski definition) is 2. The van der Waals surface area contributed by atoms with E-state index in [2.05, 4.69) is 9.80 Å². The molecular formula is C13H21N3O. The van der Waals surface area contributed by atoms with Crippen molar-refractivity contribution in [2.75, 3.05) is 37.6 Å². The molecule has 0 aromatic heterocycles. The predicted octanol–water partition coefficient (Wildman–Crippen LogP) is 0.861. The minimum atomic E-state index is 0.246. The van der Waals surface area contributed by atoms with E-state index in [4.69, 9.17) is 5.73 Å². The first-order valence-corrected chi connectivity index (χ1v) is 6.17. The summed E-state index contributed by atoms with van der Waals surface area (Å²) in [6.45, 7) is 7.19. The molecular weight excluding hydrogens is 214 g/mol. The summed E-state index contributed by atoms with van der Waals surface area (Å²) in [5.41, 5.74) is 6.99. The smallest absolute Gasteiger partial charge is 0.115 e. The van der Waals surface area contributed by atoms with Crippen molar-refractivity contribution in [1.29, 1.82) is 0 Å². The van der Waals surface area contributed by atoms with E-state index in [1.165, 1.54) is 5.69 Å². The summed E-state index contributed by atoms with van der Waals surface area (Å²) in [5.74, 6) is 0.323. The lowest BCUT2D eigenvalue weighted by Crippen LogP contribution is -2.49. The summed E-state index contributed by atoms with van der Waals surface area (Å²) in [5, 5.41) is 9.26. The quantitative estimate of drug-likeness (QED) is 0.816. The third-order valence-electron chi connectivity index (χ3n) is 3.13. The predicted molar refractivity (Wildman–Crippen MR) is 70.4 cm³/mol. The van der Waals surface area contributed by atoms with Gasteiger partial charge in [-0.25, -0.2) is 0 Å². The minimum Gasteiger partial charge on any atom is -0.508 e. The van der Waals surface area contributed by atoms with E-state index in [9.17, 15) is 5.11 Å². The molecule has 0 bridgehead atoms. The van der Waals surface area contributed by atoms with Crippen molar-refractivity contribution >= 4 is 5.69 Å². The number of phenols is 1. The average molecular weight is 235 g/mol. The molecule has 1 aliphatic heterocycles. The molecule has 17 heavy (non-hydrogen) atoms. The molecule has 1 atom stereocenters. The van der Waals surface area contributed by atoms with Gasteiger partial charge in [0.1, 0.15) is 5.75 Å². The molecule has 4 nitrogen and oxygen atoms in total. The van der Waals surface area contributed by atoms with E-state index in [0.717, 1.165) is 32.7 Å². The molecule has 4 heteroatoms. The maximum Gasteiger partial charge on any atom is 0.115 e. The van der Waals surface area contributed by atoms with Gasteiger partial charge in [0, 0.05) is 44.5 Å². The highest BCUT2D eigenvalue weighted by Crippen LogP contribution is 2.19. The van der Waals surface area contributed by atoms with Crippen LogP contribution in [0.15, 0.2) is 24.3 Å². The molecule has 1 aromatic carbocycles. The highest BCUT2D eigenvalue weighted by atomic mass is 16.3. The van der Waals surface area contributed by atoms with Crippen molar-refractivity contribution in [2.24, 2.45) is 5.73 Å². The van der Waals surface area contributed by atoms with Gasteiger partial charge >= 0.3 is 0 Å². The van der Waals surface area contributed by atoms with Gasteiger partial charge in [-0.15, -0.1) is 0 Å². The topological polar surface area (TPSA) is 52.7 Å². The number of nitrogens with zero attached hydrogens (tertiary/aromatic N) is 2. The average Bonchev–Trinajstić information content (AvgIpc) is 2.30. The molecule has 0 spiro atoms. The van der Waals surface area contributed by atoms with Crippen LogP contribution in [0.4, 0.5) is 5.69 Å². The number of benzene rings is 1. The lowest BCUT2D eigenvalue weighted by Gasteiger charge is -2.36. The Morgan fingerprint density at radius 1 is 1.18 bits per heavy atom. The molecule has 0 saturated carbocycles. The summed E-state index contributed by atoms with van der Waals surface area (Å²) in [6, 6.07) is 7.66. The van der Waals surface area contributed by atoms with Gasteiger partial charge in [-0.2, -0.15) is 0 Å². The molecule has 0 radical (unpaired) electrons. The first kappa shape index (κ1) is 12.2. The highest BCUT2D eigenvalue weighted by Gasteiger charge is 2.17. The van der Waals surface area contributed by atoms with E-state index >= 15 is 0 Å². The summed E-state index contributed by atoms with van der Waals surface area (Å²) < 4.78 is 0. The lowest BCUT2D eigenvalue weighted by atomic mass is 10.2. The van der Waals surface area contributed by atoms with Crippen molar-refractivity contribution in [1.82, 2.24) is 4.90 Å². The standard InChI is InChI=1S/C13H21N3O/c1-11(14)10-15-6-8-16(9-7-15)12-2-4-13(17)5-3-12/h2-5,11,17H,6-10,14H2,1H3. The summed E-state index contributed by atoms with van der Waals surface area (Å²) in [6.07, 6.45) is 0. The third kappa shape index (κ3) is 3.35. The second-order valence-electron chi connectivity index (χ2n) is 4.78. The summed E-state index contributed by atoms with van der Waals surface area (Å²) in [7, 11) is 0. The zero-order valence-corrected chi connectivity index (χ0v) is 10.3. The second-order valence-corrected chi connectivity index (χ2v) is 4.78. The van der Waals surface area contributed by atoms with Crippen LogP contribution in [0.2, 0.25) is 0 Å². The Hall–Kier alpha value is -1.26. The SMILES string of the molecule is CC(N)CN1CCN(c2ccc(O)cc2)CC1. The molecule has 1 aliphatic rings. The zero-order chi connectivity index (χ0) is 12.3. The largest absolute Gasteiger partial charge is 0.508 e. The van der Waals surface area contributed by atoms with Crippen molar-refractivity contribution in [2.45, 2.75) is 13.0 Å². The number of rotatable bonds is 3. The monoisotopic (exact) mass is 235 g/mol. The Bertz CT molecular complexity index is 342. The molecule has 94 valence electrons. The molecule has 2 rings (SSSR count). The van der Waals surface area contributed by atoms with Crippen molar-refractivity contribution in [3.63, 3.8) is 0 Å². The molecule has 0 aliphatic carbocycles. The van der Waals surface area contributed by atoms with Crippen LogP contribution < -0.4 is 10.6 Å². The van der Waals surface area contributed by atoms with Gasteiger partial charge < -0.3 is 15.7 Å². The number of anilines is 1. The summed E-state index contributed by atoms with van der Waals surface area (Å²) in [4.78, 5) is 4.75. The Morgan fingerprint density at radius 3 is 2.29 bits per heavy atom. The van der Waals surface area contributed by atoms with Crippen molar-refractivity contribution in [3.05, 3.63) is 24.3 Å². The molecule has 0 amide bonds. The van der Waals surface area contributed by atoms with Gasteiger partial charge in [-0.3, -0.25) is 4.90 Å². The van der Waals surface area contributed by atoms with Crippen LogP contribution in [0.1, 0.15) is 6.92 Å². The molecule has 3 N–H and O–H groups in total. The van der Waals surface area contributed by atoms with Crippen LogP contribution in [-0.2, 0) is 0 Å². The lowest BCUT2D eigenvalue weighted by molar-refractivity contribution is 0.247. The molecule has 1 unspecified atom stereocenters. The van der Waals surface area contributed by atoms with Crippen LogP contribution in [0.3, 0.4) is 0 Å². The fourth-order valence-corrected chi connectivity index (χ4v) is 2.26. The zero-order valence-electron chi connectivity index (χ0n) is 10.3. The van der Waals surface area contributed by atoms with Crippen LogP contribution in [0.5, 0.6) is 5.75 Å². The first-order valence-electron chi connectivity index (χ1n) is 6.17. The maximum atomic E-state index is 9.26. The Labute approximate surface area is 103 Å². The van der Waals surface area contributed by atoms with Gasteiger partial charge in [0.25, 0.3) is 0 Å². The number of piperazine rings is 1. The maximum absolute atomic E-state index is 9.26. The van der Waals surface area contributed by atoms with E-state index < -0.39 is 0 Å². The van der Waals surface area contributed by atoms with E-state index in [1.807, 2.05) is 19.1 Å².